The summed E-state index contributed by atoms with van der Waals surface area (Å²) in [6, 6.07) is 0. The Labute approximate surface area is 111 Å². The van der Waals surface area contributed by atoms with Crippen LogP contribution in [-0.4, -0.2) is 32.2 Å². The lowest BCUT2D eigenvalue weighted by atomic mass is 10.0. The van der Waals surface area contributed by atoms with Crippen molar-refractivity contribution in [1.29, 1.82) is 0 Å². The molecule has 0 aliphatic carbocycles. The molecule has 0 N–H and O–H groups in total. The molecule has 1 aliphatic rings. The summed E-state index contributed by atoms with van der Waals surface area (Å²) in [5, 5.41) is 0. The summed E-state index contributed by atoms with van der Waals surface area (Å²) in [5.74, 6) is 6.69. The van der Waals surface area contributed by atoms with Crippen molar-refractivity contribution in [3.05, 3.63) is 0 Å². The van der Waals surface area contributed by atoms with Crippen molar-refractivity contribution in [3.63, 3.8) is 0 Å². The van der Waals surface area contributed by atoms with Crippen LogP contribution in [-0.2, 0) is 14.2 Å². The fraction of sp³-hybridized carbons (Fsp3) is 0.867. The lowest BCUT2D eigenvalue weighted by Gasteiger charge is -2.24. The van der Waals surface area contributed by atoms with Gasteiger partial charge in [0.25, 0.3) is 0 Å². The van der Waals surface area contributed by atoms with E-state index in [9.17, 15) is 0 Å². The molecule has 1 saturated heterocycles. The van der Waals surface area contributed by atoms with Gasteiger partial charge in [-0.2, -0.15) is 0 Å². The zero-order valence-corrected chi connectivity index (χ0v) is 11.9. The van der Waals surface area contributed by atoms with Gasteiger partial charge in [-0.1, -0.05) is 19.3 Å². The normalized spacial score (nSPS) is 23.1. The van der Waals surface area contributed by atoms with Gasteiger partial charge in [-0.05, 0) is 26.7 Å². The Kier molecular flexibility index (Phi) is 8.08. The lowest BCUT2D eigenvalue weighted by Crippen LogP contribution is -2.32. The zero-order valence-electron chi connectivity index (χ0n) is 11.9. The van der Waals surface area contributed by atoms with Gasteiger partial charge in [-0.15, -0.1) is 5.92 Å². The molecule has 1 rings (SSSR count). The average molecular weight is 254 g/mol. The first kappa shape index (κ1) is 15.5. The minimum atomic E-state index is -0.173. The minimum Gasteiger partial charge on any atom is -0.365 e. The molecule has 0 aromatic carbocycles. The Bertz CT molecular complexity index is 261. The van der Waals surface area contributed by atoms with Crippen molar-refractivity contribution in [2.45, 2.75) is 58.8 Å². The molecular formula is C15H26O3. The summed E-state index contributed by atoms with van der Waals surface area (Å²) < 4.78 is 17.0. The fourth-order valence-corrected chi connectivity index (χ4v) is 2.10. The largest absolute Gasteiger partial charge is 0.365 e. The third-order valence-electron chi connectivity index (χ3n) is 3.05. The molecule has 3 heteroatoms. The maximum atomic E-state index is 5.69. The standard InChI is InChI=1S/C15H26O3/c1-4-7-8-9-10-14-13(11-12-18-14)15(16-5-2)17-6-3/h13-15H,4-8,11-12H2,1-3H3/t13-,14+/m0/s1. The molecule has 0 saturated carbocycles. The first-order valence-corrected chi connectivity index (χ1v) is 7.16. The molecule has 0 spiro atoms. The number of unbranched alkanes of at least 4 members (excludes halogenated alkanes) is 2. The van der Waals surface area contributed by atoms with E-state index in [0.717, 1.165) is 25.9 Å². The zero-order chi connectivity index (χ0) is 13.2. The molecule has 1 fully saturated rings. The molecule has 18 heavy (non-hydrogen) atoms. The summed E-state index contributed by atoms with van der Waals surface area (Å²) in [7, 11) is 0. The molecule has 2 atom stereocenters. The summed E-state index contributed by atoms with van der Waals surface area (Å²) in [5.41, 5.74) is 0. The molecule has 0 amide bonds. The fourth-order valence-electron chi connectivity index (χ4n) is 2.10. The number of hydrogen-bond acceptors (Lipinski definition) is 3. The first-order chi connectivity index (χ1) is 8.83. The van der Waals surface area contributed by atoms with E-state index in [1.807, 2.05) is 13.8 Å². The van der Waals surface area contributed by atoms with Crippen LogP contribution in [0.3, 0.4) is 0 Å². The molecule has 3 nitrogen and oxygen atoms in total. The first-order valence-electron chi connectivity index (χ1n) is 7.16. The summed E-state index contributed by atoms with van der Waals surface area (Å²) >= 11 is 0. The molecular weight excluding hydrogens is 228 g/mol. The predicted molar refractivity (Wildman–Crippen MR) is 72.2 cm³/mol. The second-order valence-corrected chi connectivity index (χ2v) is 4.45. The summed E-state index contributed by atoms with van der Waals surface area (Å²) in [6.07, 6.45) is 4.07. The van der Waals surface area contributed by atoms with Crippen molar-refractivity contribution in [2.24, 2.45) is 5.92 Å². The predicted octanol–water partition coefficient (Wildman–Crippen LogP) is 2.98. The highest BCUT2D eigenvalue weighted by atomic mass is 16.7. The van der Waals surface area contributed by atoms with Crippen molar-refractivity contribution in [3.8, 4) is 11.8 Å². The van der Waals surface area contributed by atoms with Crippen LogP contribution in [0.15, 0.2) is 0 Å². The van der Waals surface area contributed by atoms with Crippen LogP contribution in [0.25, 0.3) is 0 Å². The molecule has 0 unspecified atom stereocenters. The Hall–Kier alpha value is -0.560. The van der Waals surface area contributed by atoms with Crippen molar-refractivity contribution >= 4 is 0 Å². The van der Waals surface area contributed by atoms with Crippen LogP contribution in [0.5, 0.6) is 0 Å². The smallest absolute Gasteiger partial charge is 0.163 e. The van der Waals surface area contributed by atoms with Crippen LogP contribution in [0.1, 0.15) is 46.5 Å². The summed E-state index contributed by atoms with van der Waals surface area (Å²) in [6.45, 7) is 8.24. The van der Waals surface area contributed by atoms with Gasteiger partial charge < -0.3 is 14.2 Å². The molecule has 0 aromatic rings. The minimum absolute atomic E-state index is 0.0232. The van der Waals surface area contributed by atoms with E-state index >= 15 is 0 Å². The van der Waals surface area contributed by atoms with E-state index in [1.54, 1.807) is 0 Å². The van der Waals surface area contributed by atoms with E-state index < -0.39 is 0 Å². The van der Waals surface area contributed by atoms with Gasteiger partial charge in [0.15, 0.2) is 6.29 Å². The molecule has 1 aliphatic heterocycles. The third kappa shape index (κ3) is 4.97. The topological polar surface area (TPSA) is 27.7 Å². The highest BCUT2D eigenvalue weighted by Gasteiger charge is 2.34. The van der Waals surface area contributed by atoms with Gasteiger partial charge in [-0.25, -0.2) is 0 Å². The molecule has 104 valence electrons. The van der Waals surface area contributed by atoms with Crippen molar-refractivity contribution in [1.82, 2.24) is 0 Å². The Morgan fingerprint density at radius 1 is 1.22 bits per heavy atom. The van der Waals surface area contributed by atoms with Gasteiger partial charge in [0, 0.05) is 32.2 Å². The summed E-state index contributed by atoms with van der Waals surface area (Å²) in [4.78, 5) is 0. The maximum absolute atomic E-state index is 5.69. The third-order valence-corrected chi connectivity index (χ3v) is 3.05. The van der Waals surface area contributed by atoms with Gasteiger partial charge in [0.05, 0.1) is 0 Å². The van der Waals surface area contributed by atoms with Crippen LogP contribution in [0.2, 0.25) is 0 Å². The second kappa shape index (κ2) is 9.38. The Morgan fingerprint density at radius 3 is 2.56 bits per heavy atom. The average Bonchev–Trinajstić information content (AvgIpc) is 2.83. The van der Waals surface area contributed by atoms with E-state index in [0.29, 0.717) is 13.2 Å². The second-order valence-electron chi connectivity index (χ2n) is 4.45. The highest BCUT2D eigenvalue weighted by molar-refractivity contribution is 5.09. The highest BCUT2D eigenvalue weighted by Crippen LogP contribution is 2.26. The Morgan fingerprint density at radius 2 is 1.94 bits per heavy atom. The van der Waals surface area contributed by atoms with Crippen molar-refractivity contribution < 1.29 is 14.2 Å². The van der Waals surface area contributed by atoms with Gasteiger partial charge in [-0.3, -0.25) is 0 Å². The lowest BCUT2D eigenvalue weighted by molar-refractivity contribution is -0.171. The van der Waals surface area contributed by atoms with E-state index in [4.69, 9.17) is 14.2 Å². The van der Waals surface area contributed by atoms with Gasteiger partial charge in [0.2, 0.25) is 0 Å². The molecule has 0 radical (unpaired) electrons. The maximum Gasteiger partial charge on any atom is 0.163 e. The molecule has 0 bridgehead atoms. The van der Waals surface area contributed by atoms with Gasteiger partial charge >= 0.3 is 0 Å². The SMILES string of the molecule is CCCCC#C[C@H]1OCC[C@@H]1C(OCC)OCC. The van der Waals surface area contributed by atoms with E-state index in [2.05, 4.69) is 18.8 Å². The Balaban J connectivity index is 2.52. The monoisotopic (exact) mass is 254 g/mol. The van der Waals surface area contributed by atoms with Crippen LogP contribution >= 0.6 is 0 Å². The number of ether oxygens (including phenoxy) is 3. The van der Waals surface area contributed by atoms with Crippen molar-refractivity contribution in [2.75, 3.05) is 19.8 Å². The molecule has 0 aromatic heterocycles. The molecule has 1 heterocycles. The number of hydrogen-bond donors (Lipinski definition) is 0. The van der Waals surface area contributed by atoms with E-state index in [-0.39, 0.29) is 18.3 Å². The van der Waals surface area contributed by atoms with Crippen LogP contribution in [0, 0.1) is 17.8 Å². The van der Waals surface area contributed by atoms with Crippen LogP contribution < -0.4 is 0 Å². The van der Waals surface area contributed by atoms with Gasteiger partial charge in [0.1, 0.15) is 6.10 Å². The quantitative estimate of drug-likeness (QED) is 0.397. The number of rotatable bonds is 7. The van der Waals surface area contributed by atoms with E-state index in [1.165, 1.54) is 6.42 Å². The van der Waals surface area contributed by atoms with Crippen LogP contribution in [0.4, 0.5) is 0 Å².